The standard InChI is InChI=1S/C25H26N4O4/c1-32-21-8-3-17(15-22(21)33-2)20-16-23-26-11-14-29(23)24(27-20)28-12-9-25(31,10-13-28)18-4-6-19(30)7-5-18/h3-8,11,14-16,30-31H,9-10,12-13H2,1-2H3. The van der Waals surface area contributed by atoms with E-state index in [9.17, 15) is 10.2 Å². The first-order valence-electron chi connectivity index (χ1n) is 10.8. The van der Waals surface area contributed by atoms with Gasteiger partial charge in [0.05, 0.1) is 25.5 Å². The van der Waals surface area contributed by atoms with Gasteiger partial charge in [-0.15, -0.1) is 0 Å². The van der Waals surface area contributed by atoms with Crippen molar-refractivity contribution in [2.24, 2.45) is 0 Å². The monoisotopic (exact) mass is 446 g/mol. The van der Waals surface area contributed by atoms with Gasteiger partial charge in [0.25, 0.3) is 0 Å². The van der Waals surface area contributed by atoms with Crippen molar-refractivity contribution in [3.63, 3.8) is 0 Å². The van der Waals surface area contributed by atoms with Crippen molar-refractivity contribution in [2.75, 3.05) is 32.2 Å². The highest BCUT2D eigenvalue weighted by Gasteiger charge is 2.35. The van der Waals surface area contributed by atoms with Crippen LogP contribution in [0.5, 0.6) is 17.2 Å². The van der Waals surface area contributed by atoms with Crippen LogP contribution < -0.4 is 14.4 Å². The Morgan fingerprint density at radius 3 is 2.36 bits per heavy atom. The van der Waals surface area contributed by atoms with E-state index >= 15 is 0 Å². The molecule has 0 radical (unpaired) electrons. The lowest BCUT2D eigenvalue weighted by Crippen LogP contribution is -2.43. The number of hydrogen-bond acceptors (Lipinski definition) is 7. The summed E-state index contributed by atoms with van der Waals surface area (Å²) in [4.78, 5) is 11.6. The normalized spacial score (nSPS) is 15.5. The summed E-state index contributed by atoms with van der Waals surface area (Å²) < 4.78 is 12.8. The molecule has 1 aliphatic heterocycles. The van der Waals surface area contributed by atoms with E-state index in [0.29, 0.717) is 37.4 Å². The molecule has 0 saturated carbocycles. The largest absolute Gasteiger partial charge is 0.508 e. The maximum absolute atomic E-state index is 11.2. The molecule has 0 amide bonds. The number of anilines is 1. The summed E-state index contributed by atoms with van der Waals surface area (Å²) in [6.45, 7) is 1.26. The Morgan fingerprint density at radius 2 is 1.67 bits per heavy atom. The minimum absolute atomic E-state index is 0.193. The average Bonchev–Trinajstić information content (AvgIpc) is 3.33. The van der Waals surface area contributed by atoms with Gasteiger partial charge in [0, 0.05) is 37.1 Å². The summed E-state index contributed by atoms with van der Waals surface area (Å²) in [6.07, 6.45) is 4.76. The molecule has 2 aromatic heterocycles. The van der Waals surface area contributed by atoms with E-state index in [1.807, 2.05) is 34.9 Å². The summed E-state index contributed by atoms with van der Waals surface area (Å²) >= 11 is 0. The van der Waals surface area contributed by atoms with Gasteiger partial charge < -0.3 is 24.6 Å². The highest BCUT2D eigenvalue weighted by molar-refractivity contribution is 5.69. The minimum atomic E-state index is -0.931. The second kappa shape index (κ2) is 8.29. The van der Waals surface area contributed by atoms with E-state index in [0.717, 1.165) is 28.4 Å². The van der Waals surface area contributed by atoms with Crippen LogP contribution in [0.2, 0.25) is 0 Å². The number of phenols is 1. The molecule has 0 aliphatic carbocycles. The van der Waals surface area contributed by atoms with E-state index in [4.69, 9.17) is 14.5 Å². The third-order valence-corrected chi connectivity index (χ3v) is 6.33. The first-order valence-corrected chi connectivity index (χ1v) is 10.8. The molecule has 0 spiro atoms. The lowest BCUT2D eigenvalue weighted by Gasteiger charge is -2.39. The SMILES string of the molecule is COc1ccc(-c2cc3nccn3c(N3CCC(O)(c4ccc(O)cc4)CC3)n2)cc1OC. The van der Waals surface area contributed by atoms with E-state index in [-0.39, 0.29) is 5.75 Å². The van der Waals surface area contributed by atoms with Crippen LogP contribution in [0.3, 0.4) is 0 Å². The van der Waals surface area contributed by atoms with Gasteiger partial charge in [0.1, 0.15) is 11.4 Å². The zero-order valence-electron chi connectivity index (χ0n) is 18.6. The van der Waals surface area contributed by atoms with Gasteiger partial charge in [-0.25, -0.2) is 9.97 Å². The van der Waals surface area contributed by atoms with Crippen LogP contribution in [0.1, 0.15) is 18.4 Å². The molecule has 2 aromatic carbocycles. The van der Waals surface area contributed by atoms with Crippen molar-refractivity contribution in [2.45, 2.75) is 18.4 Å². The Hall–Kier alpha value is -3.78. The van der Waals surface area contributed by atoms with Crippen molar-refractivity contribution in [1.29, 1.82) is 0 Å². The molecule has 1 aliphatic rings. The number of imidazole rings is 1. The molecule has 0 unspecified atom stereocenters. The van der Waals surface area contributed by atoms with Gasteiger partial charge in [-0.1, -0.05) is 12.1 Å². The van der Waals surface area contributed by atoms with Crippen LogP contribution in [-0.2, 0) is 5.60 Å². The molecule has 3 heterocycles. The van der Waals surface area contributed by atoms with Crippen molar-refractivity contribution in [3.05, 3.63) is 66.5 Å². The molecule has 4 aromatic rings. The summed E-state index contributed by atoms with van der Waals surface area (Å²) in [5.41, 5.74) is 2.36. The fourth-order valence-corrected chi connectivity index (χ4v) is 4.41. The number of fused-ring (bicyclic) bond motifs is 1. The van der Waals surface area contributed by atoms with Crippen LogP contribution in [-0.4, -0.2) is 51.9 Å². The predicted molar refractivity (Wildman–Crippen MR) is 125 cm³/mol. The van der Waals surface area contributed by atoms with Crippen LogP contribution in [0, 0.1) is 0 Å². The average molecular weight is 447 g/mol. The number of methoxy groups -OCH3 is 2. The van der Waals surface area contributed by atoms with Gasteiger partial charge >= 0.3 is 0 Å². The topological polar surface area (TPSA) is 92.4 Å². The number of aromatic nitrogens is 3. The maximum atomic E-state index is 11.2. The van der Waals surface area contributed by atoms with Gasteiger partial charge in [-0.2, -0.15) is 0 Å². The maximum Gasteiger partial charge on any atom is 0.211 e. The number of ether oxygens (including phenoxy) is 2. The molecule has 8 heteroatoms. The fraction of sp³-hybridized carbons (Fsp3) is 0.280. The molecule has 1 saturated heterocycles. The highest BCUT2D eigenvalue weighted by Crippen LogP contribution is 2.36. The molecule has 8 nitrogen and oxygen atoms in total. The first kappa shape index (κ1) is 21.1. The molecule has 1 fully saturated rings. The van der Waals surface area contributed by atoms with E-state index in [2.05, 4.69) is 9.88 Å². The quantitative estimate of drug-likeness (QED) is 0.484. The molecular formula is C25H26N4O4. The molecule has 0 bridgehead atoms. The van der Waals surface area contributed by atoms with Crippen molar-refractivity contribution in [1.82, 2.24) is 14.4 Å². The number of hydrogen-bond donors (Lipinski definition) is 2. The highest BCUT2D eigenvalue weighted by atomic mass is 16.5. The molecule has 0 atom stereocenters. The zero-order valence-corrected chi connectivity index (χ0v) is 18.6. The molecule has 5 rings (SSSR count). The van der Waals surface area contributed by atoms with Crippen molar-refractivity contribution >= 4 is 11.6 Å². The summed E-state index contributed by atoms with van der Waals surface area (Å²) in [5, 5.41) is 20.8. The minimum Gasteiger partial charge on any atom is -0.508 e. The van der Waals surface area contributed by atoms with Crippen LogP contribution in [0.4, 0.5) is 5.95 Å². The Bertz CT molecular complexity index is 1280. The Kier molecular flexibility index (Phi) is 5.30. The lowest BCUT2D eigenvalue weighted by molar-refractivity contribution is 0.0115. The summed E-state index contributed by atoms with van der Waals surface area (Å²) in [7, 11) is 3.22. The van der Waals surface area contributed by atoms with E-state index in [1.54, 1.807) is 44.7 Å². The fourth-order valence-electron chi connectivity index (χ4n) is 4.41. The Morgan fingerprint density at radius 1 is 0.939 bits per heavy atom. The van der Waals surface area contributed by atoms with Crippen LogP contribution in [0.15, 0.2) is 60.9 Å². The van der Waals surface area contributed by atoms with Crippen molar-refractivity contribution in [3.8, 4) is 28.5 Å². The number of phenolic OH excluding ortho intramolecular Hbond substituents is 1. The third-order valence-electron chi connectivity index (χ3n) is 6.33. The van der Waals surface area contributed by atoms with Gasteiger partial charge in [0.2, 0.25) is 5.95 Å². The molecule has 2 N–H and O–H groups in total. The third kappa shape index (κ3) is 3.82. The van der Waals surface area contributed by atoms with Gasteiger partial charge in [0.15, 0.2) is 11.5 Å². The Labute approximate surface area is 191 Å². The Balaban J connectivity index is 1.47. The number of nitrogens with zero attached hydrogens (tertiary/aromatic N) is 4. The number of rotatable bonds is 5. The zero-order chi connectivity index (χ0) is 23.0. The second-order valence-corrected chi connectivity index (χ2v) is 8.23. The van der Waals surface area contributed by atoms with Crippen molar-refractivity contribution < 1.29 is 19.7 Å². The number of aliphatic hydroxyl groups is 1. The lowest BCUT2D eigenvalue weighted by atomic mass is 9.84. The van der Waals surface area contributed by atoms with E-state index in [1.165, 1.54) is 0 Å². The number of benzene rings is 2. The predicted octanol–water partition coefficient (Wildman–Crippen LogP) is 3.61. The molecule has 170 valence electrons. The van der Waals surface area contributed by atoms with Crippen LogP contribution >= 0.6 is 0 Å². The molecular weight excluding hydrogens is 420 g/mol. The molecule has 33 heavy (non-hydrogen) atoms. The first-order chi connectivity index (χ1) is 16.0. The van der Waals surface area contributed by atoms with E-state index < -0.39 is 5.60 Å². The number of aromatic hydroxyl groups is 1. The summed E-state index contributed by atoms with van der Waals surface area (Å²) in [6, 6.07) is 14.5. The van der Waals surface area contributed by atoms with Crippen LogP contribution in [0.25, 0.3) is 16.9 Å². The second-order valence-electron chi connectivity index (χ2n) is 8.23. The smallest absolute Gasteiger partial charge is 0.211 e. The van der Waals surface area contributed by atoms with Gasteiger partial charge in [-0.3, -0.25) is 4.40 Å². The summed E-state index contributed by atoms with van der Waals surface area (Å²) in [5.74, 6) is 2.27. The van der Waals surface area contributed by atoms with Gasteiger partial charge in [-0.05, 0) is 48.7 Å². The number of piperidine rings is 1.